The van der Waals surface area contributed by atoms with E-state index in [9.17, 15) is 9.59 Å². The molecule has 3 aromatic carbocycles. The summed E-state index contributed by atoms with van der Waals surface area (Å²) < 4.78 is 20.2. The standard InChI is InChI=1S/C32H28ClIN2O5S/c1-4-24-27(31(38)39-3)28(21-11-7-6-8-12-21)36-30(37)26(42-32(36)35-24)17-20-15-23(34)29(25(16-20)40-5-2)41-18-19-10-9-13-22(33)14-19/h6-17,28H,4-5,18H2,1-3H3/b26-17+/t28-/m0/s1. The summed E-state index contributed by atoms with van der Waals surface area (Å²) in [7, 11) is 1.34. The van der Waals surface area contributed by atoms with Crippen LogP contribution in [0.15, 0.2) is 87.8 Å². The van der Waals surface area contributed by atoms with Gasteiger partial charge in [0.25, 0.3) is 5.56 Å². The van der Waals surface area contributed by atoms with Crippen LogP contribution in [0.5, 0.6) is 11.5 Å². The van der Waals surface area contributed by atoms with Gasteiger partial charge in [0.2, 0.25) is 0 Å². The molecule has 0 saturated carbocycles. The number of hydrogen-bond acceptors (Lipinski definition) is 7. The largest absolute Gasteiger partial charge is 0.490 e. The number of carbonyl (C=O) groups is 1. The average Bonchev–Trinajstić information content (AvgIpc) is 3.30. The number of aromatic nitrogens is 1. The number of hydrogen-bond donors (Lipinski definition) is 0. The van der Waals surface area contributed by atoms with Crippen LogP contribution in [0.2, 0.25) is 5.02 Å². The monoisotopic (exact) mass is 714 g/mol. The quantitative estimate of drug-likeness (QED) is 0.156. The first-order valence-corrected chi connectivity index (χ1v) is 15.6. The molecule has 1 aromatic heterocycles. The second kappa shape index (κ2) is 13.3. The third kappa shape index (κ3) is 6.18. The molecule has 0 saturated heterocycles. The van der Waals surface area contributed by atoms with Gasteiger partial charge in [-0.25, -0.2) is 9.79 Å². The van der Waals surface area contributed by atoms with Gasteiger partial charge in [-0.05, 0) is 83.0 Å². The Morgan fingerprint density at radius 3 is 2.57 bits per heavy atom. The van der Waals surface area contributed by atoms with E-state index in [1.807, 2.05) is 86.7 Å². The van der Waals surface area contributed by atoms with E-state index in [4.69, 9.17) is 30.8 Å². The van der Waals surface area contributed by atoms with Gasteiger partial charge in [-0.3, -0.25) is 9.36 Å². The molecule has 0 fully saturated rings. The first-order chi connectivity index (χ1) is 20.3. The number of esters is 1. The molecule has 0 amide bonds. The molecule has 7 nitrogen and oxygen atoms in total. The maximum atomic E-state index is 13.9. The Balaban J connectivity index is 1.60. The van der Waals surface area contributed by atoms with Gasteiger partial charge in [0.05, 0.1) is 39.1 Å². The second-order valence-electron chi connectivity index (χ2n) is 9.38. The van der Waals surface area contributed by atoms with Gasteiger partial charge in [0.1, 0.15) is 6.61 Å². The van der Waals surface area contributed by atoms with Crippen molar-refractivity contribution in [2.24, 2.45) is 4.99 Å². The van der Waals surface area contributed by atoms with E-state index in [2.05, 4.69) is 22.6 Å². The van der Waals surface area contributed by atoms with Crippen molar-refractivity contribution in [2.75, 3.05) is 13.7 Å². The number of nitrogens with zero attached hydrogens (tertiary/aromatic N) is 2. The van der Waals surface area contributed by atoms with Crippen molar-refractivity contribution in [1.82, 2.24) is 4.57 Å². The van der Waals surface area contributed by atoms with Crippen LogP contribution in [0.3, 0.4) is 0 Å². The van der Waals surface area contributed by atoms with Gasteiger partial charge in [0, 0.05) is 5.02 Å². The van der Waals surface area contributed by atoms with E-state index in [0.717, 1.165) is 20.3 Å². The first kappa shape index (κ1) is 30.1. The highest BCUT2D eigenvalue weighted by Crippen LogP contribution is 2.36. The van der Waals surface area contributed by atoms with Crippen molar-refractivity contribution < 1.29 is 19.0 Å². The van der Waals surface area contributed by atoms with E-state index in [1.165, 1.54) is 18.4 Å². The predicted octanol–water partition coefficient (Wildman–Crippen LogP) is 6.03. The molecular weight excluding hydrogens is 687 g/mol. The number of halogens is 2. The lowest BCUT2D eigenvalue weighted by atomic mass is 9.95. The van der Waals surface area contributed by atoms with E-state index in [1.54, 1.807) is 4.57 Å². The molecule has 42 heavy (non-hydrogen) atoms. The van der Waals surface area contributed by atoms with Crippen molar-refractivity contribution in [3.63, 3.8) is 0 Å². The van der Waals surface area contributed by atoms with Crippen molar-refractivity contribution in [3.05, 3.63) is 123 Å². The summed E-state index contributed by atoms with van der Waals surface area (Å²) in [5.41, 5.74) is 3.27. The predicted molar refractivity (Wildman–Crippen MR) is 173 cm³/mol. The number of rotatable bonds is 9. The summed E-state index contributed by atoms with van der Waals surface area (Å²) >= 11 is 9.64. The molecule has 5 rings (SSSR count). The van der Waals surface area contributed by atoms with E-state index >= 15 is 0 Å². The molecule has 0 spiro atoms. The Morgan fingerprint density at radius 1 is 1.10 bits per heavy atom. The van der Waals surface area contributed by atoms with Crippen LogP contribution >= 0.6 is 45.5 Å². The van der Waals surface area contributed by atoms with Crippen LogP contribution < -0.4 is 24.4 Å². The summed E-state index contributed by atoms with van der Waals surface area (Å²) in [6.07, 6.45) is 2.34. The van der Waals surface area contributed by atoms with E-state index in [0.29, 0.717) is 56.8 Å². The minimum Gasteiger partial charge on any atom is -0.490 e. The Morgan fingerprint density at radius 2 is 1.88 bits per heavy atom. The Hall–Kier alpha value is -3.41. The Bertz CT molecular complexity index is 1850. The maximum Gasteiger partial charge on any atom is 0.338 e. The fourth-order valence-electron chi connectivity index (χ4n) is 4.82. The molecule has 0 aliphatic carbocycles. The zero-order chi connectivity index (χ0) is 29.8. The number of thiazole rings is 1. The molecule has 4 aromatic rings. The minimum absolute atomic E-state index is 0.238. The van der Waals surface area contributed by atoms with Crippen LogP contribution in [-0.2, 0) is 16.1 Å². The van der Waals surface area contributed by atoms with E-state index < -0.39 is 12.0 Å². The molecule has 10 heteroatoms. The second-order valence-corrected chi connectivity index (χ2v) is 12.0. The third-order valence-corrected chi connectivity index (χ3v) is 8.69. The van der Waals surface area contributed by atoms with Crippen LogP contribution in [-0.4, -0.2) is 24.3 Å². The van der Waals surface area contributed by atoms with Gasteiger partial charge in [-0.15, -0.1) is 0 Å². The highest BCUT2D eigenvalue weighted by atomic mass is 127. The summed E-state index contributed by atoms with van der Waals surface area (Å²) in [4.78, 5) is 32.2. The smallest absolute Gasteiger partial charge is 0.338 e. The van der Waals surface area contributed by atoms with Crippen molar-refractivity contribution in [1.29, 1.82) is 0 Å². The molecule has 0 bridgehead atoms. The van der Waals surface area contributed by atoms with Gasteiger partial charge in [-0.2, -0.15) is 0 Å². The molecule has 0 radical (unpaired) electrons. The molecule has 0 N–H and O–H groups in total. The van der Waals surface area contributed by atoms with Gasteiger partial charge in [-0.1, -0.05) is 72.3 Å². The summed E-state index contributed by atoms with van der Waals surface area (Å²) in [6, 6.07) is 20.2. The molecule has 216 valence electrons. The number of fused-ring (bicyclic) bond motifs is 1. The summed E-state index contributed by atoms with van der Waals surface area (Å²) in [5.74, 6) is 0.701. The molecule has 1 aliphatic rings. The van der Waals surface area contributed by atoms with Crippen molar-refractivity contribution in [2.45, 2.75) is 32.9 Å². The summed E-state index contributed by atoms with van der Waals surface area (Å²) in [5, 5.41) is 0.645. The third-order valence-electron chi connectivity index (χ3n) is 6.67. The lowest BCUT2D eigenvalue weighted by molar-refractivity contribution is -0.136. The fraction of sp³-hybridized carbons (Fsp3) is 0.219. The highest BCUT2D eigenvalue weighted by molar-refractivity contribution is 14.1. The first-order valence-electron chi connectivity index (χ1n) is 13.4. The van der Waals surface area contributed by atoms with Crippen LogP contribution in [0.25, 0.3) is 6.08 Å². The van der Waals surface area contributed by atoms with Crippen LogP contribution in [0, 0.1) is 3.57 Å². The maximum absolute atomic E-state index is 13.9. The highest BCUT2D eigenvalue weighted by Gasteiger charge is 2.33. The van der Waals surface area contributed by atoms with E-state index in [-0.39, 0.29) is 5.56 Å². The molecule has 1 atom stereocenters. The zero-order valence-corrected chi connectivity index (χ0v) is 27.0. The zero-order valence-electron chi connectivity index (χ0n) is 23.2. The van der Waals surface area contributed by atoms with Crippen molar-refractivity contribution >= 4 is 57.6 Å². The number of allylic oxidation sites excluding steroid dienone is 1. The topological polar surface area (TPSA) is 79.1 Å². The van der Waals surface area contributed by atoms with Gasteiger partial charge >= 0.3 is 5.97 Å². The fourth-order valence-corrected chi connectivity index (χ4v) is 6.84. The number of methoxy groups -OCH3 is 1. The van der Waals surface area contributed by atoms with Crippen LogP contribution in [0.4, 0.5) is 0 Å². The lowest BCUT2D eigenvalue weighted by Gasteiger charge is -2.25. The number of ether oxygens (including phenoxy) is 3. The Kier molecular flexibility index (Phi) is 9.50. The SMILES string of the molecule is CCOc1cc(/C=c2/sc3n(c2=O)[C@@H](c2ccccc2)C(C(=O)OC)=C(CC)N=3)cc(I)c1OCc1cccc(Cl)c1. The summed E-state index contributed by atoms with van der Waals surface area (Å²) in [6.45, 7) is 4.62. The molecule has 2 heterocycles. The molecular formula is C32H28ClIN2O5S. The van der Waals surface area contributed by atoms with Gasteiger partial charge in [0.15, 0.2) is 16.3 Å². The Labute approximate surface area is 265 Å². The molecule has 0 unspecified atom stereocenters. The van der Waals surface area contributed by atoms with Gasteiger partial charge < -0.3 is 14.2 Å². The minimum atomic E-state index is -0.645. The van der Waals surface area contributed by atoms with Crippen molar-refractivity contribution in [3.8, 4) is 11.5 Å². The van der Waals surface area contributed by atoms with Crippen LogP contribution in [0.1, 0.15) is 43.0 Å². The normalized spacial score (nSPS) is 14.8. The average molecular weight is 715 g/mol. The number of benzene rings is 3. The number of carbonyl (C=O) groups excluding carboxylic acids is 1. The molecule has 1 aliphatic heterocycles. The lowest BCUT2D eigenvalue weighted by Crippen LogP contribution is -2.40.